The average Bonchev–Trinajstić information content (AvgIpc) is 2.53. The summed E-state index contributed by atoms with van der Waals surface area (Å²) >= 11 is 0. The van der Waals surface area contributed by atoms with Gasteiger partial charge in [-0.05, 0) is 25.0 Å². The van der Waals surface area contributed by atoms with Crippen LogP contribution < -0.4 is 20.5 Å². The van der Waals surface area contributed by atoms with Crippen molar-refractivity contribution in [3.63, 3.8) is 0 Å². The van der Waals surface area contributed by atoms with E-state index in [0.29, 0.717) is 25.2 Å². The van der Waals surface area contributed by atoms with E-state index in [2.05, 4.69) is 10.3 Å². The van der Waals surface area contributed by atoms with Gasteiger partial charge in [0, 0.05) is 12.1 Å². The Hall–Kier alpha value is -1.18. The molecule has 1 fully saturated rings. The minimum absolute atomic E-state index is 0. The number of ether oxygens (including phenoxy) is 2. The summed E-state index contributed by atoms with van der Waals surface area (Å²) in [5.74, 6) is 2.09. The Kier molecular flexibility index (Phi) is 9.03. The molecule has 3 N–H and O–H groups in total. The van der Waals surface area contributed by atoms with Crippen molar-refractivity contribution in [2.24, 2.45) is 10.7 Å². The molecule has 0 aromatic heterocycles. The fourth-order valence-corrected chi connectivity index (χ4v) is 2.52. The second-order valence-corrected chi connectivity index (χ2v) is 5.27. The van der Waals surface area contributed by atoms with Gasteiger partial charge in [-0.25, -0.2) is 4.99 Å². The van der Waals surface area contributed by atoms with Crippen molar-refractivity contribution in [2.75, 3.05) is 20.3 Å². The molecule has 0 saturated heterocycles. The smallest absolute Gasteiger partial charge is 0.188 e. The minimum atomic E-state index is 0. The first-order valence-corrected chi connectivity index (χ1v) is 7.61. The predicted molar refractivity (Wildman–Crippen MR) is 100 cm³/mol. The maximum atomic E-state index is 5.89. The molecule has 2 rings (SSSR count). The van der Waals surface area contributed by atoms with Crippen LogP contribution in [-0.4, -0.2) is 32.3 Å². The second kappa shape index (κ2) is 10.5. The van der Waals surface area contributed by atoms with Crippen molar-refractivity contribution >= 4 is 29.9 Å². The van der Waals surface area contributed by atoms with Crippen molar-refractivity contribution in [1.29, 1.82) is 0 Å². The van der Waals surface area contributed by atoms with E-state index < -0.39 is 0 Å². The van der Waals surface area contributed by atoms with E-state index >= 15 is 0 Å². The van der Waals surface area contributed by atoms with Gasteiger partial charge in [0.05, 0.1) is 13.7 Å². The van der Waals surface area contributed by atoms with Gasteiger partial charge in [-0.2, -0.15) is 0 Å². The van der Waals surface area contributed by atoms with Crippen molar-refractivity contribution in [3.8, 4) is 11.5 Å². The molecule has 0 spiro atoms. The van der Waals surface area contributed by atoms with E-state index in [4.69, 9.17) is 15.2 Å². The van der Waals surface area contributed by atoms with Crippen LogP contribution in [0.4, 0.5) is 0 Å². The number of guanidine groups is 1. The SMILES string of the molecule is COc1cccc(OCCN=C(N)NC2CCCCC2)c1.I. The van der Waals surface area contributed by atoms with Gasteiger partial charge in [-0.3, -0.25) is 0 Å². The molecular formula is C16H26IN3O2. The maximum Gasteiger partial charge on any atom is 0.188 e. The predicted octanol–water partition coefficient (Wildman–Crippen LogP) is 2.93. The highest BCUT2D eigenvalue weighted by molar-refractivity contribution is 14.0. The number of methoxy groups -OCH3 is 1. The third-order valence-electron chi connectivity index (χ3n) is 3.64. The van der Waals surface area contributed by atoms with Gasteiger partial charge in [0.25, 0.3) is 0 Å². The summed E-state index contributed by atoms with van der Waals surface area (Å²) in [4.78, 5) is 4.30. The lowest BCUT2D eigenvalue weighted by Crippen LogP contribution is -2.41. The summed E-state index contributed by atoms with van der Waals surface area (Å²) < 4.78 is 10.8. The molecule has 0 bridgehead atoms. The van der Waals surface area contributed by atoms with E-state index in [0.717, 1.165) is 11.5 Å². The van der Waals surface area contributed by atoms with Crippen molar-refractivity contribution < 1.29 is 9.47 Å². The zero-order valence-corrected chi connectivity index (χ0v) is 15.4. The Balaban J connectivity index is 0.00000242. The number of rotatable bonds is 6. The van der Waals surface area contributed by atoms with Crippen LogP contribution in [0.15, 0.2) is 29.3 Å². The number of benzene rings is 1. The Morgan fingerprint density at radius 1 is 1.27 bits per heavy atom. The summed E-state index contributed by atoms with van der Waals surface area (Å²) in [7, 11) is 1.64. The molecule has 1 aliphatic carbocycles. The highest BCUT2D eigenvalue weighted by Crippen LogP contribution is 2.18. The number of hydrogen-bond acceptors (Lipinski definition) is 3. The molecule has 0 heterocycles. The lowest BCUT2D eigenvalue weighted by atomic mass is 9.96. The molecule has 1 aliphatic rings. The molecule has 6 heteroatoms. The van der Waals surface area contributed by atoms with Gasteiger partial charge >= 0.3 is 0 Å². The summed E-state index contributed by atoms with van der Waals surface area (Å²) in [6.07, 6.45) is 6.28. The van der Waals surface area contributed by atoms with Gasteiger partial charge in [0.15, 0.2) is 5.96 Å². The maximum absolute atomic E-state index is 5.89. The molecule has 124 valence electrons. The second-order valence-electron chi connectivity index (χ2n) is 5.27. The van der Waals surface area contributed by atoms with Crippen LogP contribution in [0, 0.1) is 0 Å². The topological polar surface area (TPSA) is 68.9 Å². The molecule has 0 aliphatic heterocycles. The first kappa shape index (κ1) is 18.9. The fourth-order valence-electron chi connectivity index (χ4n) is 2.52. The molecule has 1 aromatic carbocycles. The number of aliphatic imine (C=N–C) groups is 1. The van der Waals surface area contributed by atoms with Crippen LogP contribution in [-0.2, 0) is 0 Å². The average molecular weight is 419 g/mol. The fraction of sp³-hybridized carbons (Fsp3) is 0.562. The molecule has 0 amide bonds. The molecule has 22 heavy (non-hydrogen) atoms. The molecular weight excluding hydrogens is 393 g/mol. The molecule has 0 atom stereocenters. The summed E-state index contributed by atoms with van der Waals surface area (Å²) in [6.45, 7) is 1.04. The zero-order chi connectivity index (χ0) is 14.9. The minimum Gasteiger partial charge on any atom is -0.497 e. The van der Waals surface area contributed by atoms with Crippen LogP contribution in [0.2, 0.25) is 0 Å². The Morgan fingerprint density at radius 2 is 2.00 bits per heavy atom. The number of nitrogens with two attached hydrogens (primary N) is 1. The third kappa shape index (κ3) is 6.72. The van der Waals surface area contributed by atoms with Crippen molar-refractivity contribution in [1.82, 2.24) is 5.32 Å². The lowest BCUT2D eigenvalue weighted by molar-refractivity contribution is 0.325. The Bertz CT molecular complexity index is 462. The van der Waals surface area contributed by atoms with Gasteiger partial charge in [0.2, 0.25) is 0 Å². The summed E-state index contributed by atoms with van der Waals surface area (Å²) in [5, 5.41) is 3.29. The molecule has 0 radical (unpaired) electrons. The van der Waals surface area contributed by atoms with Crippen LogP contribution in [0.1, 0.15) is 32.1 Å². The third-order valence-corrected chi connectivity index (χ3v) is 3.64. The Morgan fingerprint density at radius 3 is 2.73 bits per heavy atom. The first-order valence-electron chi connectivity index (χ1n) is 7.61. The van der Waals surface area contributed by atoms with E-state index in [1.165, 1.54) is 32.1 Å². The van der Waals surface area contributed by atoms with E-state index in [-0.39, 0.29) is 24.0 Å². The van der Waals surface area contributed by atoms with E-state index in [1.807, 2.05) is 24.3 Å². The van der Waals surface area contributed by atoms with Crippen molar-refractivity contribution in [3.05, 3.63) is 24.3 Å². The zero-order valence-electron chi connectivity index (χ0n) is 13.1. The van der Waals surface area contributed by atoms with Crippen LogP contribution in [0.25, 0.3) is 0 Å². The van der Waals surface area contributed by atoms with Gasteiger partial charge in [-0.15, -0.1) is 24.0 Å². The van der Waals surface area contributed by atoms with Gasteiger partial charge in [0.1, 0.15) is 18.1 Å². The van der Waals surface area contributed by atoms with E-state index in [9.17, 15) is 0 Å². The van der Waals surface area contributed by atoms with Gasteiger partial charge < -0.3 is 20.5 Å². The number of hydrogen-bond donors (Lipinski definition) is 2. The highest BCUT2D eigenvalue weighted by atomic mass is 127. The summed E-state index contributed by atoms with van der Waals surface area (Å²) in [6, 6.07) is 8.03. The standard InChI is InChI=1S/C16H25N3O2.HI/c1-20-14-8-5-9-15(12-14)21-11-10-18-16(17)19-13-6-3-2-4-7-13;/h5,8-9,12-13H,2-4,6-7,10-11H2,1H3,(H3,17,18,19);1H. The van der Waals surface area contributed by atoms with Crippen LogP contribution in [0.5, 0.6) is 11.5 Å². The number of halogens is 1. The largest absolute Gasteiger partial charge is 0.497 e. The monoisotopic (exact) mass is 419 g/mol. The number of nitrogens with zero attached hydrogens (tertiary/aromatic N) is 1. The van der Waals surface area contributed by atoms with Gasteiger partial charge in [-0.1, -0.05) is 25.3 Å². The lowest BCUT2D eigenvalue weighted by Gasteiger charge is -2.23. The van der Waals surface area contributed by atoms with E-state index in [1.54, 1.807) is 7.11 Å². The first-order chi connectivity index (χ1) is 10.3. The normalized spacial score (nSPS) is 15.8. The quantitative estimate of drug-likeness (QED) is 0.322. The van der Waals surface area contributed by atoms with Crippen molar-refractivity contribution in [2.45, 2.75) is 38.1 Å². The Labute approximate surface area is 149 Å². The molecule has 5 nitrogen and oxygen atoms in total. The number of nitrogens with one attached hydrogen (secondary N) is 1. The molecule has 0 unspecified atom stereocenters. The van der Waals surface area contributed by atoms with Crippen LogP contribution >= 0.6 is 24.0 Å². The highest BCUT2D eigenvalue weighted by Gasteiger charge is 2.13. The van der Waals surface area contributed by atoms with Crippen LogP contribution in [0.3, 0.4) is 0 Å². The molecule has 1 saturated carbocycles. The summed E-state index contributed by atoms with van der Waals surface area (Å²) in [5.41, 5.74) is 5.89. The molecule has 1 aromatic rings.